The normalized spacial score (nSPS) is 20.1. The Morgan fingerprint density at radius 1 is 1.29 bits per heavy atom. The minimum Gasteiger partial charge on any atom is -0.330 e. The largest absolute Gasteiger partial charge is 0.330 e. The van der Waals surface area contributed by atoms with E-state index < -0.39 is 0 Å². The molecule has 1 aromatic rings. The third-order valence-electron chi connectivity index (χ3n) is 3.89. The lowest BCUT2D eigenvalue weighted by molar-refractivity contribution is 0.241. The molecule has 96 valence electrons. The Kier molecular flexibility index (Phi) is 4.95. The highest BCUT2D eigenvalue weighted by atomic mass is 32.1. The van der Waals surface area contributed by atoms with Gasteiger partial charge in [-0.1, -0.05) is 25.7 Å². The maximum Gasteiger partial charge on any atom is 0.0795 e. The van der Waals surface area contributed by atoms with E-state index in [1.807, 2.05) is 5.51 Å². The molecule has 1 saturated carbocycles. The molecule has 3 N–H and O–H groups in total. The van der Waals surface area contributed by atoms with Crippen molar-refractivity contribution in [1.29, 1.82) is 0 Å². The van der Waals surface area contributed by atoms with Crippen LogP contribution >= 0.6 is 11.3 Å². The maximum absolute atomic E-state index is 6.01. The molecule has 0 atom stereocenters. The molecule has 17 heavy (non-hydrogen) atoms. The second-order valence-corrected chi connectivity index (χ2v) is 5.92. The van der Waals surface area contributed by atoms with Crippen molar-refractivity contribution in [3.8, 4) is 0 Å². The summed E-state index contributed by atoms with van der Waals surface area (Å²) in [6, 6.07) is 0. The Morgan fingerprint density at radius 3 is 2.65 bits per heavy atom. The van der Waals surface area contributed by atoms with E-state index in [2.05, 4.69) is 15.7 Å². The van der Waals surface area contributed by atoms with Crippen LogP contribution in [0.15, 0.2) is 10.9 Å². The van der Waals surface area contributed by atoms with Crippen molar-refractivity contribution in [3.63, 3.8) is 0 Å². The van der Waals surface area contributed by atoms with E-state index in [1.54, 1.807) is 11.3 Å². The fourth-order valence-corrected chi connectivity index (χ4v) is 3.27. The topological polar surface area (TPSA) is 50.9 Å². The summed E-state index contributed by atoms with van der Waals surface area (Å²) >= 11 is 1.66. The molecule has 0 aliphatic heterocycles. The molecule has 0 aromatic carbocycles. The van der Waals surface area contributed by atoms with Crippen molar-refractivity contribution in [2.24, 2.45) is 11.1 Å². The monoisotopic (exact) mass is 253 g/mol. The molecule has 1 fully saturated rings. The number of nitrogens with two attached hydrogens (primary N) is 1. The molecule has 2 rings (SSSR count). The van der Waals surface area contributed by atoms with Crippen molar-refractivity contribution in [3.05, 3.63) is 16.6 Å². The number of rotatable bonds is 5. The van der Waals surface area contributed by atoms with Crippen LogP contribution in [0.2, 0.25) is 0 Å². The molecule has 0 unspecified atom stereocenters. The van der Waals surface area contributed by atoms with Gasteiger partial charge in [0, 0.05) is 18.5 Å². The summed E-state index contributed by atoms with van der Waals surface area (Å²) in [7, 11) is 0. The Labute approximate surface area is 108 Å². The van der Waals surface area contributed by atoms with Crippen LogP contribution in [0.4, 0.5) is 0 Å². The number of hydrogen-bond acceptors (Lipinski definition) is 4. The van der Waals surface area contributed by atoms with Gasteiger partial charge < -0.3 is 11.1 Å². The first-order valence-electron chi connectivity index (χ1n) is 6.63. The van der Waals surface area contributed by atoms with Crippen LogP contribution in [0, 0.1) is 5.41 Å². The summed E-state index contributed by atoms with van der Waals surface area (Å²) in [4.78, 5) is 4.29. The molecule has 4 heteroatoms. The molecule has 0 radical (unpaired) electrons. The van der Waals surface area contributed by atoms with Crippen LogP contribution in [-0.2, 0) is 6.54 Å². The van der Waals surface area contributed by atoms with Gasteiger partial charge in [0.25, 0.3) is 0 Å². The molecular formula is C13H23N3S. The van der Waals surface area contributed by atoms with Crippen LogP contribution in [0.1, 0.15) is 44.2 Å². The van der Waals surface area contributed by atoms with Crippen LogP contribution in [0.5, 0.6) is 0 Å². The second kappa shape index (κ2) is 6.47. The lowest BCUT2D eigenvalue weighted by atomic mass is 9.80. The van der Waals surface area contributed by atoms with Gasteiger partial charge >= 0.3 is 0 Å². The van der Waals surface area contributed by atoms with Gasteiger partial charge in [-0.25, -0.2) is 4.98 Å². The van der Waals surface area contributed by atoms with Gasteiger partial charge in [-0.05, 0) is 24.8 Å². The van der Waals surface area contributed by atoms with Gasteiger partial charge in [0.15, 0.2) is 0 Å². The molecule has 0 saturated heterocycles. The Bertz CT molecular complexity index is 302. The van der Waals surface area contributed by atoms with E-state index in [4.69, 9.17) is 5.73 Å². The standard InChI is InChI=1S/C13H23N3S/c14-9-13(5-3-1-2-4-6-13)10-15-7-12-8-17-11-16-12/h8,11,15H,1-7,9-10,14H2. The molecule has 1 aliphatic carbocycles. The van der Waals surface area contributed by atoms with Gasteiger partial charge in [-0.2, -0.15) is 0 Å². The van der Waals surface area contributed by atoms with Crippen LogP contribution in [0.25, 0.3) is 0 Å². The molecular weight excluding hydrogens is 230 g/mol. The number of nitrogens with zero attached hydrogens (tertiary/aromatic N) is 1. The van der Waals surface area contributed by atoms with Crippen LogP contribution < -0.4 is 11.1 Å². The van der Waals surface area contributed by atoms with Gasteiger partial charge in [0.2, 0.25) is 0 Å². The molecule has 0 amide bonds. The predicted octanol–water partition coefficient (Wildman–Crippen LogP) is 2.53. The lowest BCUT2D eigenvalue weighted by Crippen LogP contribution is -2.40. The average Bonchev–Trinajstić information content (AvgIpc) is 2.75. The van der Waals surface area contributed by atoms with Crippen LogP contribution in [0.3, 0.4) is 0 Å². The number of nitrogens with one attached hydrogen (secondary N) is 1. The minimum atomic E-state index is 0.340. The van der Waals surface area contributed by atoms with Gasteiger partial charge in [-0.15, -0.1) is 11.3 Å². The zero-order valence-corrected chi connectivity index (χ0v) is 11.3. The number of aromatic nitrogens is 1. The molecule has 1 aromatic heterocycles. The molecule has 1 aliphatic rings. The van der Waals surface area contributed by atoms with Gasteiger partial charge in [0.1, 0.15) is 0 Å². The fourth-order valence-electron chi connectivity index (χ4n) is 2.71. The Hall–Kier alpha value is -0.450. The first-order valence-corrected chi connectivity index (χ1v) is 7.57. The zero-order valence-electron chi connectivity index (χ0n) is 10.5. The minimum absolute atomic E-state index is 0.340. The highest BCUT2D eigenvalue weighted by Gasteiger charge is 2.28. The molecule has 3 nitrogen and oxygen atoms in total. The summed E-state index contributed by atoms with van der Waals surface area (Å²) in [6.45, 7) is 2.74. The van der Waals surface area contributed by atoms with E-state index in [1.165, 1.54) is 38.5 Å². The highest BCUT2D eigenvalue weighted by Crippen LogP contribution is 2.33. The summed E-state index contributed by atoms with van der Waals surface area (Å²) in [5, 5.41) is 5.65. The lowest BCUT2D eigenvalue weighted by Gasteiger charge is -2.31. The third-order valence-corrected chi connectivity index (χ3v) is 4.52. The fraction of sp³-hybridized carbons (Fsp3) is 0.769. The first-order chi connectivity index (χ1) is 8.35. The third kappa shape index (κ3) is 3.76. The first kappa shape index (κ1) is 13.0. The van der Waals surface area contributed by atoms with E-state index in [-0.39, 0.29) is 0 Å². The van der Waals surface area contributed by atoms with E-state index in [0.29, 0.717) is 5.41 Å². The van der Waals surface area contributed by atoms with Crippen molar-refractivity contribution in [1.82, 2.24) is 10.3 Å². The second-order valence-electron chi connectivity index (χ2n) is 5.20. The molecule has 0 spiro atoms. The SMILES string of the molecule is NCC1(CNCc2cscn2)CCCCCC1. The highest BCUT2D eigenvalue weighted by molar-refractivity contribution is 7.07. The van der Waals surface area contributed by atoms with Crippen molar-refractivity contribution in [2.45, 2.75) is 45.1 Å². The summed E-state index contributed by atoms with van der Waals surface area (Å²) in [5.74, 6) is 0. The quantitative estimate of drug-likeness (QED) is 0.793. The zero-order chi connectivity index (χ0) is 12.0. The predicted molar refractivity (Wildman–Crippen MR) is 73.0 cm³/mol. The Morgan fingerprint density at radius 2 is 2.06 bits per heavy atom. The molecule has 0 bridgehead atoms. The van der Waals surface area contributed by atoms with E-state index >= 15 is 0 Å². The number of hydrogen-bond donors (Lipinski definition) is 2. The summed E-state index contributed by atoms with van der Waals surface area (Å²) in [6.07, 6.45) is 8.02. The Balaban J connectivity index is 1.81. The van der Waals surface area contributed by atoms with Crippen LogP contribution in [-0.4, -0.2) is 18.1 Å². The van der Waals surface area contributed by atoms with Gasteiger partial charge in [0.05, 0.1) is 11.2 Å². The van der Waals surface area contributed by atoms with E-state index in [0.717, 1.165) is 25.3 Å². The smallest absolute Gasteiger partial charge is 0.0795 e. The van der Waals surface area contributed by atoms with Crippen molar-refractivity contribution >= 4 is 11.3 Å². The molecule has 1 heterocycles. The summed E-state index contributed by atoms with van der Waals surface area (Å²) in [5.41, 5.74) is 9.39. The van der Waals surface area contributed by atoms with Gasteiger partial charge in [-0.3, -0.25) is 0 Å². The maximum atomic E-state index is 6.01. The summed E-state index contributed by atoms with van der Waals surface area (Å²) < 4.78 is 0. The van der Waals surface area contributed by atoms with E-state index in [9.17, 15) is 0 Å². The average molecular weight is 253 g/mol. The van der Waals surface area contributed by atoms with Crippen molar-refractivity contribution < 1.29 is 0 Å². The van der Waals surface area contributed by atoms with Crippen molar-refractivity contribution in [2.75, 3.05) is 13.1 Å². The number of thiazole rings is 1.